The van der Waals surface area contributed by atoms with Crippen molar-refractivity contribution < 1.29 is 9.90 Å². The van der Waals surface area contributed by atoms with Gasteiger partial charge in [-0.1, -0.05) is 13.0 Å². The molecule has 5 nitrogen and oxygen atoms in total. The Hall–Kier alpha value is -2.17. The first-order valence-electron chi connectivity index (χ1n) is 5.76. The van der Waals surface area contributed by atoms with Gasteiger partial charge < -0.3 is 10.0 Å². The molecule has 1 rings (SSSR count). The summed E-state index contributed by atoms with van der Waals surface area (Å²) in [6.45, 7) is 7.33. The summed E-state index contributed by atoms with van der Waals surface area (Å²) in [5.74, 6) is -0.359. The summed E-state index contributed by atoms with van der Waals surface area (Å²) < 4.78 is 0. The molecule has 0 amide bonds. The Morgan fingerprint density at radius 3 is 2.67 bits per heavy atom. The molecule has 18 heavy (non-hydrogen) atoms. The second-order valence-corrected chi connectivity index (χ2v) is 3.72. The zero-order chi connectivity index (χ0) is 13.4. The standard InChI is InChI=1S/C13H17N3O2/c1-3-7-16(8-4-2)13-14-9-11(10-15-13)5-6-12(17)18/h3,5-6,9-10H,1,4,7-8H2,2H3,(H,17,18)/b6-5+. The normalized spacial score (nSPS) is 10.5. The van der Waals surface area contributed by atoms with Gasteiger partial charge in [-0.25, -0.2) is 14.8 Å². The largest absolute Gasteiger partial charge is 0.478 e. The van der Waals surface area contributed by atoms with Crippen molar-refractivity contribution in [1.29, 1.82) is 0 Å². The average Bonchev–Trinajstić information content (AvgIpc) is 2.37. The highest BCUT2D eigenvalue weighted by Crippen LogP contribution is 2.08. The van der Waals surface area contributed by atoms with Gasteiger partial charge in [-0.15, -0.1) is 6.58 Å². The third-order valence-electron chi connectivity index (χ3n) is 2.20. The Kier molecular flexibility index (Phi) is 5.57. The number of carboxylic acids is 1. The summed E-state index contributed by atoms with van der Waals surface area (Å²) in [5, 5.41) is 8.51. The minimum Gasteiger partial charge on any atom is -0.478 e. The minimum atomic E-state index is -0.988. The van der Waals surface area contributed by atoms with Crippen LogP contribution in [0.15, 0.2) is 31.1 Å². The zero-order valence-corrected chi connectivity index (χ0v) is 10.4. The minimum absolute atomic E-state index is 0.629. The Labute approximate surface area is 106 Å². The highest BCUT2D eigenvalue weighted by molar-refractivity contribution is 5.85. The molecule has 0 fully saturated rings. The number of carbonyl (C=O) groups is 1. The van der Waals surface area contributed by atoms with Crippen molar-refractivity contribution in [3.8, 4) is 0 Å². The fraction of sp³-hybridized carbons (Fsp3) is 0.308. The van der Waals surface area contributed by atoms with Gasteiger partial charge in [0.25, 0.3) is 0 Å². The van der Waals surface area contributed by atoms with E-state index >= 15 is 0 Å². The van der Waals surface area contributed by atoms with Crippen molar-refractivity contribution in [2.75, 3.05) is 18.0 Å². The fourth-order valence-electron chi connectivity index (χ4n) is 1.45. The van der Waals surface area contributed by atoms with Gasteiger partial charge in [0.15, 0.2) is 0 Å². The topological polar surface area (TPSA) is 66.3 Å². The van der Waals surface area contributed by atoms with E-state index in [2.05, 4.69) is 23.5 Å². The molecule has 1 aromatic rings. The van der Waals surface area contributed by atoms with Crippen LogP contribution in [0.4, 0.5) is 5.95 Å². The zero-order valence-electron chi connectivity index (χ0n) is 10.4. The molecule has 1 heterocycles. The van der Waals surface area contributed by atoms with E-state index < -0.39 is 5.97 Å². The molecule has 0 atom stereocenters. The van der Waals surface area contributed by atoms with Crippen LogP contribution in [0.1, 0.15) is 18.9 Å². The van der Waals surface area contributed by atoms with Gasteiger partial charge >= 0.3 is 5.97 Å². The number of rotatable bonds is 7. The lowest BCUT2D eigenvalue weighted by Gasteiger charge is -2.19. The van der Waals surface area contributed by atoms with Crippen LogP contribution in [0, 0.1) is 0 Å². The van der Waals surface area contributed by atoms with Gasteiger partial charge in [0.2, 0.25) is 5.95 Å². The van der Waals surface area contributed by atoms with E-state index in [-0.39, 0.29) is 0 Å². The molecule has 0 radical (unpaired) electrons. The Morgan fingerprint density at radius 2 is 2.17 bits per heavy atom. The first kappa shape index (κ1) is 13.9. The fourth-order valence-corrected chi connectivity index (χ4v) is 1.45. The molecule has 0 aliphatic carbocycles. The molecule has 96 valence electrons. The van der Waals surface area contributed by atoms with Crippen LogP contribution in [0.3, 0.4) is 0 Å². The number of nitrogens with zero attached hydrogens (tertiary/aromatic N) is 3. The van der Waals surface area contributed by atoms with Gasteiger partial charge in [0.1, 0.15) is 0 Å². The predicted molar refractivity (Wildman–Crippen MR) is 71.4 cm³/mol. The van der Waals surface area contributed by atoms with E-state index in [1.165, 1.54) is 6.08 Å². The van der Waals surface area contributed by atoms with Gasteiger partial charge in [0, 0.05) is 37.1 Å². The van der Waals surface area contributed by atoms with Crippen molar-refractivity contribution in [3.05, 3.63) is 36.7 Å². The average molecular weight is 247 g/mol. The number of aliphatic carboxylic acids is 1. The van der Waals surface area contributed by atoms with Crippen LogP contribution in [0.5, 0.6) is 0 Å². The van der Waals surface area contributed by atoms with Crippen LogP contribution < -0.4 is 4.90 Å². The predicted octanol–water partition coefficient (Wildman–Crippen LogP) is 1.98. The molecule has 0 saturated carbocycles. The molecular formula is C13H17N3O2. The van der Waals surface area contributed by atoms with Crippen LogP contribution in [-0.4, -0.2) is 34.1 Å². The summed E-state index contributed by atoms with van der Waals surface area (Å²) in [5.41, 5.74) is 0.663. The van der Waals surface area contributed by atoms with Gasteiger partial charge in [0.05, 0.1) is 0 Å². The van der Waals surface area contributed by atoms with Crippen LogP contribution >= 0.6 is 0 Å². The maximum Gasteiger partial charge on any atom is 0.328 e. The van der Waals surface area contributed by atoms with E-state index in [0.717, 1.165) is 19.0 Å². The summed E-state index contributed by atoms with van der Waals surface area (Å²) in [6.07, 6.45) is 8.53. The number of carboxylic acid groups (broad SMARTS) is 1. The van der Waals surface area contributed by atoms with Crippen molar-refractivity contribution in [2.45, 2.75) is 13.3 Å². The lowest BCUT2D eigenvalue weighted by atomic mass is 10.3. The lowest BCUT2D eigenvalue weighted by Crippen LogP contribution is -2.25. The monoisotopic (exact) mass is 247 g/mol. The summed E-state index contributed by atoms with van der Waals surface area (Å²) in [7, 11) is 0. The molecule has 5 heteroatoms. The van der Waals surface area contributed by atoms with Crippen molar-refractivity contribution >= 4 is 18.0 Å². The van der Waals surface area contributed by atoms with Crippen LogP contribution in [-0.2, 0) is 4.79 Å². The SMILES string of the molecule is C=CCN(CCC)c1ncc(/C=C/C(=O)O)cn1. The van der Waals surface area contributed by atoms with Gasteiger partial charge in [-0.2, -0.15) is 0 Å². The third-order valence-corrected chi connectivity index (χ3v) is 2.20. The maximum absolute atomic E-state index is 10.4. The van der Waals surface area contributed by atoms with Crippen molar-refractivity contribution in [1.82, 2.24) is 9.97 Å². The number of hydrogen-bond acceptors (Lipinski definition) is 4. The van der Waals surface area contributed by atoms with Gasteiger partial charge in [-0.3, -0.25) is 0 Å². The van der Waals surface area contributed by atoms with E-state index in [1.54, 1.807) is 18.5 Å². The number of anilines is 1. The molecule has 0 unspecified atom stereocenters. The summed E-state index contributed by atoms with van der Waals surface area (Å²) >= 11 is 0. The van der Waals surface area contributed by atoms with E-state index in [4.69, 9.17) is 5.11 Å². The highest BCUT2D eigenvalue weighted by atomic mass is 16.4. The summed E-state index contributed by atoms with van der Waals surface area (Å²) in [4.78, 5) is 20.8. The second-order valence-electron chi connectivity index (χ2n) is 3.72. The summed E-state index contributed by atoms with van der Waals surface area (Å²) in [6, 6.07) is 0. The molecule has 0 saturated heterocycles. The van der Waals surface area contributed by atoms with E-state index in [0.29, 0.717) is 18.1 Å². The van der Waals surface area contributed by atoms with Crippen molar-refractivity contribution in [3.63, 3.8) is 0 Å². The van der Waals surface area contributed by atoms with Crippen LogP contribution in [0.25, 0.3) is 6.08 Å². The maximum atomic E-state index is 10.4. The van der Waals surface area contributed by atoms with Crippen molar-refractivity contribution in [2.24, 2.45) is 0 Å². The highest BCUT2D eigenvalue weighted by Gasteiger charge is 2.05. The molecule has 0 aliphatic heterocycles. The second kappa shape index (κ2) is 7.21. The molecule has 1 N–H and O–H groups in total. The van der Waals surface area contributed by atoms with Gasteiger partial charge in [-0.05, 0) is 12.5 Å². The Balaban J connectivity index is 2.79. The quantitative estimate of drug-likeness (QED) is 0.589. The Morgan fingerprint density at radius 1 is 1.50 bits per heavy atom. The molecule has 1 aromatic heterocycles. The smallest absolute Gasteiger partial charge is 0.328 e. The third kappa shape index (κ3) is 4.37. The Bertz CT molecular complexity index is 426. The first-order valence-corrected chi connectivity index (χ1v) is 5.76. The molecule has 0 aliphatic rings. The molecule has 0 aromatic carbocycles. The molecule has 0 bridgehead atoms. The lowest BCUT2D eigenvalue weighted by molar-refractivity contribution is -0.131. The molecule has 0 spiro atoms. The first-order chi connectivity index (χ1) is 8.67. The number of aromatic nitrogens is 2. The van der Waals surface area contributed by atoms with E-state index in [9.17, 15) is 4.79 Å². The number of hydrogen-bond donors (Lipinski definition) is 1. The van der Waals surface area contributed by atoms with Crippen LogP contribution in [0.2, 0.25) is 0 Å². The molecular weight excluding hydrogens is 230 g/mol. The van der Waals surface area contributed by atoms with E-state index in [1.807, 2.05) is 4.90 Å².